The van der Waals surface area contributed by atoms with Crippen molar-refractivity contribution in [3.05, 3.63) is 29.3 Å². The van der Waals surface area contributed by atoms with Gasteiger partial charge in [-0.05, 0) is 57.1 Å². The Morgan fingerprint density at radius 1 is 1.50 bits per heavy atom. The van der Waals surface area contributed by atoms with E-state index in [0.717, 1.165) is 17.7 Å². The van der Waals surface area contributed by atoms with Crippen LogP contribution < -0.4 is 10.6 Å². The van der Waals surface area contributed by atoms with Crippen LogP contribution in [0.5, 0.6) is 0 Å². The van der Waals surface area contributed by atoms with E-state index in [1.165, 1.54) is 25.1 Å². The van der Waals surface area contributed by atoms with Gasteiger partial charge < -0.3 is 20.7 Å². The third-order valence-corrected chi connectivity index (χ3v) is 4.15. The highest BCUT2D eigenvalue weighted by atomic mass is 16.4. The first kappa shape index (κ1) is 14.7. The normalized spacial score (nSPS) is 20.9. The summed E-state index contributed by atoms with van der Waals surface area (Å²) >= 11 is 0. The first-order valence-electron chi connectivity index (χ1n) is 7.03. The van der Waals surface area contributed by atoms with Crippen molar-refractivity contribution >= 4 is 11.5 Å². The number of aryl methyl sites for hydroxylation is 1. The Labute approximate surface area is 120 Å². The number of hydrogen-bond donors (Lipinski definition) is 2. The molecule has 1 aliphatic rings. The predicted octanol–water partition coefficient (Wildman–Crippen LogP) is 1.62. The molecule has 110 valence electrons. The van der Waals surface area contributed by atoms with E-state index in [1.807, 2.05) is 19.1 Å². The van der Waals surface area contributed by atoms with Gasteiger partial charge >= 0.3 is 0 Å². The molecule has 0 aliphatic carbocycles. The van der Waals surface area contributed by atoms with E-state index >= 15 is 0 Å². The van der Waals surface area contributed by atoms with Crippen molar-refractivity contribution < 1.29 is 5.21 Å². The van der Waals surface area contributed by atoms with Gasteiger partial charge in [0.05, 0.1) is 0 Å². The monoisotopic (exact) mass is 276 g/mol. The zero-order valence-electron chi connectivity index (χ0n) is 12.5. The summed E-state index contributed by atoms with van der Waals surface area (Å²) in [6, 6.07) is 6.60. The van der Waals surface area contributed by atoms with Crippen molar-refractivity contribution in [1.82, 2.24) is 4.90 Å². The molecular weight excluding hydrogens is 252 g/mol. The molecule has 0 spiro atoms. The number of oxime groups is 1. The summed E-state index contributed by atoms with van der Waals surface area (Å²) in [5.41, 5.74) is 8.64. The average Bonchev–Trinajstić information content (AvgIpc) is 2.45. The summed E-state index contributed by atoms with van der Waals surface area (Å²) in [7, 11) is 4.31. The summed E-state index contributed by atoms with van der Waals surface area (Å²) in [4.78, 5) is 4.71. The van der Waals surface area contributed by atoms with E-state index in [1.54, 1.807) is 0 Å². The SMILES string of the molecule is Cc1cc(N(C)C2CCCN(C)C2)ccc1/C(N)=N/O. The van der Waals surface area contributed by atoms with Crippen LogP contribution in [0.15, 0.2) is 23.4 Å². The Morgan fingerprint density at radius 2 is 2.25 bits per heavy atom. The third-order valence-electron chi connectivity index (χ3n) is 4.15. The van der Waals surface area contributed by atoms with Crippen LogP contribution in [0.2, 0.25) is 0 Å². The second-order valence-corrected chi connectivity index (χ2v) is 5.65. The highest BCUT2D eigenvalue weighted by Crippen LogP contribution is 2.23. The van der Waals surface area contributed by atoms with Gasteiger partial charge in [-0.3, -0.25) is 0 Å². The molecule has 2 rings (SSSR count). The number of likely N-dealkylation sites (N-methyl/N-ethyl adjacent to an activating group) is 2. The fourth-order valence-electron chi connectivity index (χ4n) is 2.87. The number of hydrogen-bond acceptors (Lipinski definition) is 4. The van der Waals surface area contributed by atoms with Crippen LogP contribution in [0.3, 0.4) is 0 Å². The highest BCUT2D eigenvalue weighted by Gasteiger charge is 2.21. The number of amidine groups is 1. The van der Waals surface area contributed by atoms with Gasteiger partial charge in [0.2, 0.25) is 0 Å². The summed E-state index contributed by atoms with van der Waals surface area (Å²) in [5.74, 6) is 0.161. The predicted molar refractivity (Wildman–Crippen MR) is 82.6 cm³/mol. The van der Waals surface area contributed by atoms with Gasteiger partial charge in [0.25, 0.3) is 0 Å². The van der Waals surface area contributed by atoms with Crippen molar-refractivity contribution in [2.75, 3.05) is 32.1 Å². The molecule has 1 saturated heterocycles. The molecule has 5 heteroatoms. The minimum absolute atomic E-state index is 0.161. The van der Waals surface area contributed by atoms with Crippen molar-refractivity contribution in [1.29, 1.82) is 0 Å². The number of nitrogens with two attached hydrogens (primary N) is 1. The Balaban J connectivity index is 2.18. The smallest absolute Gasteiger partial charge is 0.170 e. The fraction of sp³-hybridized carbons (Fsp3) is 0.533. The molecule has 0 saturated carbocycles. The van der Waals surface area contributed by atoms with Crippen LogP contribution in [0.1, 0.15) is 24.0 Å². The lowest BCUT2D eigenvalue weighted by molar-refractivity contribution is 0.248. The number of piperidine rings is 1. The molecule has 1 aromatic carbocycles. The number of rotatable bonds is 3. The van der Waals surface area contributed by atoms with Crippen LogP contribution in [0.4, 0.5) is 5.69 Å². The van der Waals surface area contributed by atoms with Crippen LogP contribution in [-0.2, 0) is 0 Å². The van der Waals surface area contributed by atoms with Crippen LogP contribution in [0, 0.1) is 6.92 Å². The molecule has 20 heavy (non-hydrogen) atoms. The van der Waals surface area contributed by atoms with E-state index in [2.05, 4.69) is 35.1 Å². The molecule has 0 aromatic heterocycles. The first-order chi connectivity index (χ1) is 9.52. The minimum Gasteiger partial charge on any atom is -0.409 e. The molecule has 1 unspecified atom stereocenters. The Bertz CT molecular complexity index is 501. The van der Waals surface area contributed by atoms with Gasteiger partial charge in [0.15, 0.2) is 5.84 Å². The maximum absolute atomic E-state index is 8.77. The maximum Gasteiger partial charge on any atom is 0.170 e. The molecule has 5 nitrogen and oxygen atoms in total. The van der Waals surface area contributed by atoms with Crippen LogP contribution in [-0.4, -0.2) is 49.2 Å². The lowest BCUT2D eigenvalue weighted by Gasteiger charge is -2.37. The standard InChI is InChI=1S/C15H24N4O/c1-11-9-12(6-7-14(11)15(16)17-20)19(3)13-5-4-8-18(2)10-13/h6-7,9,13,20H,4-5,8,10H2,1-3H3,(H2,16,17). The van der Waals surface area contributed by atoms with Gasteiger partial charge in [0, 0.05) is 30.9 Å². The summed E-state index contributed by atoms with van der Waals surface area (Å²) in [6.45, 7) is 4.26. The number of nitrogens with zero attached hydrogens (tertiary/aromatic N) is 3. The van der Waals surface area contributed by atoms with Crippen molar-refractivity contribution in [3.63, 3.8) is 0 Å². The Kier molecular flexibility index (Phi) is 4.49. The van der Waals surface area contributed by atoms with E-state index in [4.69, 9.17) is 10.9 Å². The van der Waals surface area contributed by atoms with Crippen LogP contribution in [0.25, 0.3) is 0 Å². The molecule has 0 amide bonds. The lowest BCUT2D eigenvalue weighted by atomic mass is 10.0. The van der Waals surface area contributed by atoms with Gasteiger partial charge in [-0.15, -0.1) is 0 Å². The van der Waals surface area contributed by atoms with E-state index in [9.17, 15) is 0 Å². The minimum atomic E-state index is 0.161. The summed E-state index contributed by atoms with van der Waals surface area (Å²) in [5, 5.41) is 11.8. The molecule has 1 heterocycles. The third kappa shape index (κ3) is 3.04. The van der Waals surface area contributed by atoms with Crippen molar-refractivity contribution in [3.8, 4) is 0 Å². The molecular formula is C15H24N4O. The summed E-state index contributed by atoms with van der Waals surface area (Å²) < 4.78 is 0. The van der Waals surface area contributed by atoms with E-state index < -0.39 is 0 Å². The molecule has 1 atom stereocenters. The number of benzene rings is 1. The molecule has 1 fully saturated rings. The lowest BCUT2D eigenvalue weighted by Crippen LogP contribution is -2.45. The second-order valence-electron chi connectivity index (χ2n) is 5.65. The fourth-order valence-corrected chi connectivity index (χ4v) is 2.87. The maximum atomic E-state index is 8.77. The molecule has 0 radical (unpaired) electrons. The average molecular weight is 276 g/mol. The molecule has 1 aliphatic heterocycles. The van der Waals surface area contributed by atoms with E-state index in [0.29, 0.717) is 6.04 Å². The van der Waals surface area contributed by atoms with E-state index in [-0.39, 0.29) is 5.84 Å². The number of likely N-dealkylation sites (tertiary alicyclic amines) is 1. The zero-order valence-corrected chi connectivity index (χ0v) is 12.5. The number of anilines is 1. The van der Waals surface area contributed by atoms with Crippen molar-refractivity contribution in [2.45, 2.75) is 25.8 Å². The highest BCUT2D eigenvalue weighted by molar-refractivity contribution is 5.98. The second kappa shape index (κ2) is 6.13. The Morgan fingerprint density at radius 3 is 2.85 bits per heavy atom. The van der Waals surface area contributed by atoms with Crippen molar-refractivity contribution in [2.24, 2.45) is 10.9 Å². The van der Waals surface area contributed by atoms with Gasteiger partial charge in [-0.25, -0.2) is 0 Å². The summed E-state index contributed by atoms with van der Waals surface area (Å²) in [6.07, 6.45) is 2.47. The topological polar surface area (TPSA) is 65.1 Å². The first-order valence-corrected chi connectivity index (χ1v) is 7.03. The molecule has 0 bridgehead atoms. The Hall–Kier alpha value is -1.75. The quantitative estimate of drug-likeness (QED) is 0.381. The van der Waals surface area contributed by atoms with Gasteiger partial charge in [-0.2, -0.15) is 0 Å². The van der Waals surface area contributed by atoms with Gasteiger partial charge in [0.1, 0.15) is 0 Å². The largest absolute Gasteiger partial charge is 0.409 e. The van der Waals surface area contributed by atoms with Crippen LogP contribution >= 0.6 is 0 Å². The zero-order chi connectivity index (χ0) is 14.7. The van der Waals surface area contributed by atoms with Gasteiger partial charge in [-0.1, -0.05) is 5.16 Å². The molecule has 3 N–H and O–H groups in total. The molecule has 1 aromatic rings.